The lowest BCUT2D eigenvalue weighted by Crippen LogP contribution is -2.32. The number of aromatic nitrogens is 2. The highest BCUT2D eigenvalue weighted by Gasteiger charge is 2.30. The van der Waals surface area contributed by atoms with E-state index in [1.54, 1.807) is 22.6 Å². The Morgan fingerprint density at radius 2 is 2.19 bits per heavy atom. The Bertz CT molecular complexity index is 1220. The Kier molecular flexibility index (Phi) is 5.55. The number of carbonyl (C=O) groups excluding carboxylic acids is 1. The number of anilines is 2. The van der Waals surface area contributed by atoms with E-state index in [-0.39, 0.29) is 11.8 Å². The fourth-order valence-electron chi connectivity index (χ4n) is 4.48. The molecule has 8 heteroatoms. The van der Waals surface area contributed by atoms with Crippen LogP contribution in [0, 0.1) is 5.92 Å². The largest absolute Gasteiger partial charge is 0.491 e. The summed E-state index contributed by atoms with van der Waals surface area (Å²) in [7, 11) is 3.66. The van der Waals surface area contributed by atoms with Crippen molar-refractivity contribution in [2.45, 2.75) is 39.2 Å². The van der Waals surface area contributed by atoms with Crippen molar-refractivity contribution in [3.05, 3.63) is 40.0 Å². The molecule has 1 N–H and O–H groups in total. The number of aliphatic imine (C=N–C) groups is 1. The molecule has 2 aliphatic rings. The lowest BCUT2D eigenvalue weighted by molar-refractivity contribution is -0.133. The summed E-state index contributed by atoms with van der Waals surface area (Å²) in [6, 6.07) is 4.18. The van der Waals surface area contributed by atoms with Gasteiger partial charge < -0.3 is 15.0 Å². The van der Waals surface area contributed by atoms with E-state index in [9.17, 15) is 4.79 Å². The quantitative estimate of drug-likeness (QED) is 0.605. The summed E-state index contributed by atoms with van der Waals surface area (Å²) in [6.45, 7) is 3.45. The number of thiophene rings is 1. The Hall–Kier alpha value is -3.00. The first kappa shape index (κ1) is 20.9. The minimum atomic E-state index is 0.0416. The molecule has 3 aromatic rings. The van der Waals surface area contributed by atoms with Gasteiger partial charge in [-0.25, -0.2) is 9.97 Å². The summed E-state index contributed by atoms with van der Waals surface area (Å²) in [4.78, 5) is 30.0. The smallest absolute Gasteiger partial charge is 0.225 e. The maximum absolute atomic E-state index is 12.5. The summed E-state index contributed by atoms with van der Waals surface area (Å²) in [6.07, 6.45) is 6.94. The molecule has 1 aliphatic heterocycles. The highest BCUT2D eigenvalue weighted by atomic mass is 32.1. The molecule has 5 rings (SSSR count). The van der Waals surface area contributed by atoms with Crippen molar-refractivity contribution in [2.75, 3.05) is 26.0 Å². The number of carbonyl (C=O) groups is 1. The summed E-state index contributed by atoms with van der Waals surface area (Å²) in [5, 5.41) is 4.60. The van der Waals surface area contributed by atoms with E-state index in [1.807, 2.05) is 20.3 Å². The SMILES string of the molecule is CCCOc1cc2c(cc1Nc1ncnc3sc4c(c13)CCC(C(=O)N(C)C)C4)C=NC2. The van der Waals surface area contributed by atoms with Crippen LogP contribution in [0.2, 0.25) is 0 Å². The molecular formula is C24H27N5O2S. The van der Waals surface area contributed by atoms with Crippen LogP contribution in [0.15, 0.2) is 23.5 Å². The van der Waals surface area contributed by atoms with E-state index in [0.717, 1.165) is 58.7 Å². The molecule has 1 amide bonds. The molecule has 2 aromatic heterocycles. The van der Waals surface area contributed by atoms with E-state index in [1.165, 1.54) is 16.0 Å². The zero-order valence-electron chi connectivity index (χ0n) is 18.6. The Balaban J connectivity index is 1.51. The van der Waals surface area contributed by atoms with Crippen LogP contribution >= 0.6 is 11.3 Å². The number of rotatable bonds is 6. The van der Waals surface area contributed by atoms with Gasteiger partial charge in [0, 0.05) is 31.1 Å². The number of ether oxygens (including phenoxy) is 1. The third-order valence-electron chi connectivity index (χ3n) is 6.08. The highest BCUT2D eigenvalue weighted by Crippen LogP contribution is 2.42. The standard InChI is InChI=1S/C24H27N5O2S/c1-4-7-31-19-9-16-12-25-11-15(16)8-18(19)28-22-21-17-6-5-14(24(30)29(2)3)10-20(17)32-23(21)27-13-26-22/h8-9,11,13-14H,4-7,10,12H2,1-3H3,(H,26,27,28). The van der Waals surface area contributed by atoms with Crippen LogP contribution in [0.5, 0.6) is 5.75 Å². The maximum Gasteiger partial charge on any atom is 0.225 e. The van der Waals surface area contributed by atoms with Crippen molar-refractivity contribution in [3.63, 3.8) is 0 Å². The highest BCUT2D eigenvalue weighted by molar-refractivity contribution is 7.19. The van der Waals surface area contributed by atoms with Crippen molar-refractivity contribution in [1.29, 1.82) is 0 Å². The molecule has 0 bridgehead atoms. The average Bonchev–Trinajstić information content (AvgIpc) is 3.40. The number of nitrogens with one attached hydrogen (secondary N) is 1. The summed E-state index contributed by atoms with van der Waals surface area (Å²) in [5.74, 6) is 1.86. The third-order valence-corrected chi connectivity index (χ3v) is 7.25. The van der Waals surface area contributed by atoms with Gasteiger partial charge in [0.1, 0.15) is 22.7 Å². The fraction of sp³-hybridized carbons (Fsp3) is 0.417. The predicted octanol–water partition coefficient (Wildman–Crippen LogP) is 4.35. The van der Waals surface area contributed by atoms with Gasteiger partial charge >= 0.3 is 0 Å². The zero-order valence-corrected chi connectivity index (χ0v) is 19.5. The molecule has 0 saturated carbocycles. The molecule has 3 heterocycles. The molecule has 0 fully saturated rings. The van der Waals surface area contributed by atoms with Crippen molar-refractivity contribution in [3.8, 4) is 5.75 Å². The van der Waals surface area contributed by atoms with Crippen molar-refractivity contribution in [2.24, 2.45) is 10.9 Å². The van der Waals surface area contributed by atoms with E-state index >= 15 is 0 Å². The number of hydrogen-bond acceptors (Lipinski definition) is 7. The number of nitrogens with zero attached hydrogens (tertiary/aromatic N) is 4. The second-order valence-electron chi connectivity index (χ2n) is 8.57. The van der Waals surface area contributed by atoms with Crippen LogP contribution in [-0.4, -0.2) is 47.7 Å². The van der Waals surface area contributed by atoms with Gasteiger partial charge in [0.05, 0.1) is 24.2 Å². The van der Waals surface area contributed by atoms with E-state index < -0.39 is 0 Å². The first-order chi connectivity index (χ1) is 15.5. The van der Waals surface area contributed by atoms with E-state index in [0.29, 0.717) is 13.2 Å². The van der Waals surface area contributed by atoms with Gasteiger partial charge in [-0.15, -0.1) is 11.3 Å². The van der Waals surface area contributed by atoms with Gasteiger partial charge in [-0.05, 0) is 54.5 Å². The molecule has 1 aromatic carbocycles. The Morgan fingerprint density at radius 1 is 1.31 bits per heavy atom. The van der Waals surface area contributed by atoms with Crippen molar-refractivity contribution in [1.82, 2.24) is 14.9 Å². The molecule has 1 atom stereocenters. The number of hydrogen-bond donors (Lipinski definition) is 1. The van der Waals surface area contributed by atoms with Crippen LogP contribution in [0.1, 0.15) is 41.3 Å². The van der Waals surface area contributed by atoms with Crippen LogP contribution in [0.3, 0.4) is 0 Å². The summed E-state index contributed by atoms with van der Waals surface area (Å²) >= 11 is 1.68. The number of fused-ring (bicyclic) bond motifs is 4. The van der Waals surface area contributed by atoms with E-state index in [4.69, 9.17) is 4.74 Å². The maximum atomic E-state index is 12.5. The average molecular weight is 450 g/mol. The van der Waals surface area contributed by atoms with Crippen molar-refractivity contribution >= 4 is 45.2 Å². The van der Waals surface area contributed by atoms with Crippen LogP contribution in [-0.2, 0) is 24.2 Å². The third kappa shape index (κ3) is 3.72. The molecular weight excluding hydrogens is 422 g/mol. The minimum Gasteiger partial charge on any atom is -0.491 e. The zero-order chi connectivity index (χ0) is 22.2. The molecule has 0 radical (unpaired) electrons. The normalized spacial score (nSPS) is 16.7. The first-order valence-corrected chi connectivity index (χ1v) is 11.9. The predicted molar refractivity (Wildman–Crippen MR) is 128 cm³/mol. The van der Waals surface area contributed by atoms with Gasteiger partial charge in [0.2, 0.25) is 5.91 Å². The summed E-state index contributed by atoms with van der Waals surface area (Å²) in [5.41, 5.74) is 4.45. The van der Waals surface area contributed by atoms with Gasteiger partial charge in [0.15, 0.2) is 0 Å². The fourth-order valence-corrected chi connectivity index (χ4v) is 5.74. The molecule has 7 nitrogen and oxygen atoms in total. The number of amides is 1. The number of aryl methyl sites for hydroxylation is 1. The molecule has 0 spiro atoms. The van der Waals surface area contributed by atoms with Crippen LogP contribution in [0.4, 0.5) is 11.5 Å². The molecule has 1 aliphatic carbocycles. The number of benzene rings is 1. The Labute approximate surface area is 191 Å². The van der Waals surface area contributed by atoms with Gasteiger partial charge in [-0.2, -0.15) is 0 Å². The van der Waals surface area contributed by atoms with Crippen molar-refractivity contribution < 1.29 is 9.53 Å². The lowest BCUT2D eigenvalue weighted by atomic mass is 9.87. The van der Waals surface area contributed by atoms with Crippen LogP contribution in [0.25, 0.3) is 10.2 Å². The molecule has 32 heavy (non-hydrogen) atoms. The van der Waals surface area contributed by atoms with Gasteiger partial charge in [0.25, 0.3) is 0 Å². The summed E-state index contributed by atoms with van der Waals surface area (Å²) < 4.78 is 6.05. The topological polar surface area (TPSA) is 79.7 Å². The lowest BCUT2D eigenvalue weighted by Gasteiger charge is -2.24. The second kappa shape index (κ2) is 8.50. The monoisotopic (exact) mass is 449 g/mol. The van der Waals surface area contributed by atoms with Crippen LogP contribution < -0.4 is 10.1 Å². The first-order valence-electron chi connectivity index (χ1n) is 11.1. The molecule has 0 saturated heterocycles. The minimum absolute atomic E-state index is 0.0416. The van der Waals surface area contributed by atoms with Gasteiger partial charge in [-0.3, -0.25) is 9.79 Å². The molecule has 166 valence electrons. The van der Waals surface area contributed by atoms with E-state index in [2.05, 4.69) is 39.3 Å². The Morgan fingerprint density at radius 3 is 3.00 bits per heavy atom. The van der Waals surface area contributed by atoms with Gasteiger partial charge in [-0.1, -0.05) is 6.92 Å². The molecule has 1 unspecified atom stereocenters. The second-order valence-corrected chi connectivity index (χ2v) is 9.65.